The topological polar surface area (TPSA) is 3.24 Å². The van der Waals surface area contributed by atoms with Gasteiger partial charge in [-0.05, 0) is 25.9 Å². The third kappa shape index (κ3) is 8.85. The van der Waals surface area contributed by atoms with Crippen molar-refractivity contribution < 1.29 is 0 Å². The molecular formula is C19H21Cl3NS2Sn-2. The van der Waals surface area contributed by atoms with Gasteiger partial charge >= 0.3 is 129 Å². The summed E-state index contributed by atoms with van der Waals surface area (Å²) < 4.78 is 2.00. The first-order chi connectivity index (χ1) is 12.4. The van der Waals surface area contributed by atoms with Crippen molar-refractivity contribution in [3.8, 4) is 0 Å². The van der Waals surface area contributed by atoms with Crippen molar-refractivity contribution in [1.82, 2.24) is 4.90 Å². The van der Waals surface area contributed by atoms with Crippen LogP contribution in [0.15, 0.2) is 48.5 Å². The summed E-state index contributed by atoms with van der Waals surface area (Å²) in [7, 11) is 6.56. The van der Waals surface area contributed by atoms with Gasteiger partial charge in [0, 0.05) is 0 Å². The van der Waals surface area contributed by atoms with E-state index < -0.39 is 18.6 Å². The van der Waals surface area contributed by atoms with Crippen molar-refractivity contribution in [3.63, 3.8) is 0 Å². The van der Waals surface area contributed by atoms with E-state index in [1.165, 1.54) is 24.0 Å². The molecule has 0 amide bonds. The third-order valence-corrected chi connectivity index (χ3v) is 11.5. The summed E-state index contributed by atoms with van der Waals surface area (Å²) in [4.78, 5) is 2.16. The Bertz CT molecular complexity index is 599. The number of hydrogen-bond donors (Lipinski definition) is 0. The smallest absolute Gasteiger partial charge is 0.00572 e. The van der Waals surface area contributed by atoms with Gasteiger partial charge in [0.2, 0.25) is 0 Å². The molecule has 0 spiro atoms. The van der Waals surface area contributed by atoms with E-state index >= 15 is 0 Å². The predicted molar refractivity (Wildman–Crippen MR) is 121 cm³/mol. The summed E-state index contributed by atoms with van der Waals surface area (Å²) in [6.45, 7) is 2.25. The molecule has 1 saturated heterocycles. The van der Waals surface area contributed by atoms with Gasteiger partial charge in [0.15, 0.2) is 0 Å². The first kappa shape index (κ1) is 23.1. The zero-order chi connectivity index (χ0) is 18.9. The third-order valence-electron chi connectivity index (χ3n) is 4.06. The Morgan fingerprint density at radius 2 is 1.19 bits per heavy atom. The van der Waals surface area contributed by atoms with Crippen molar-refractivity contribution in [2.24, 2.45) is 0 Å². The van der Waals surface area contributed by atoms with Crippen LogP contribution in [0.2, 0.25) is 10.0 Å². The van der Waals surface area contributed by atoms with Crippen molar-refractivity contribution in [2.75, 3.05) is 13.1 Å². The second-order valence-electron chi connectivity index (χ2n) is 6.17. The van der Waals surface area contributed by atoms with Crippen LogP contribution in [0.25, 0.3) is 0 Å². The van der Waals surface area contributed by atoms with E-state index in [4.69, 9.17) is 57.4 Å². The number of halogens is 3. The Hall–Kier alpha value is 0.769. The molecule has 2 aromatic carbocycles. The van der Waals surface area contributed by atoms with Crippen molar-refractivity contribution in [2.45, 2.75) is 26.4 Å². The van der Waals surface area contributed by atoms with Crippen molar-refractivity contribution in [3.05, 3.63) is 69.7 Å². The first-order valence-corrected chi connectivity index (χ1v) is 17.8. The van der Waals surface area contributed by atoms with Crippen LogP contribution >= 0.6 is 32.1 Å². The molecule has 1 aliphatic rings. The van der Waals surface area contributed by atoms with E-state index in [9.17, 15) is 0 Å². The Balaban J connectivity index is 0.000000254. The molecule has 0 N–H and O–H groups in total. The predicted octanol–water partition coefficient (Wildman–Crippen LogP) is 5.55. The first-order valence-electron chi connectivity index (χ1n) is 8.49. The normalized spacial score (nSPS) is 14.6. The molecule has 1 radical (unpaired) electrons. The summed E-state index contributed by atoms with van der Waals surface area (Å²) in [5.74, 6) is 0. The molecule has 0 saturated carbocycles. The van der Waals surface area contributed by atoms with Gasteiger partial charge in [-0.3, -0.25) is 0 Å². The molecule has 141 valence electrons. The van der Waals surface area contributed by atoms with E-state index in [0.29, 0.717) is 0 Å². The molecule has 1 aliphatic heterocycles. The Labute approximate surface area is 188 Å². The number of nitrogens with zero attached hydrogens (tertiary/aromatic N) is 1. The van der Waals surface area contributed by atoms with Crippen molar-refractivity contribution >= 4 is 76.0 Å². The fraction of sp³-hybridized carbons (Fsp3) is 0.368. The van der Waals surface area contributed by atoms with E-state index in [-0.39, 0.29) is 4.71 Å². The fourth-order valence-electron chi connectivity index (χ4n) is 2.66. The average molecular weight is 553 g/mol. The molecule has 1 nitrogen and oxygen atoms in total. The van der Waals surface area contributed by atoms with Gasteiger partial charge in [-0.15, -0.1) is 0 Å². The van der Waals surface area contributed by atoms with Gasteiger partial charge in [0.1, 0.15) is 0 Å². The van der Waals surface area contributed by atoms with Gasteiger partial charge in [-0.1, -0.05) is 0 Å². The van der Waals surface area contributed by atoms with Crippen molar-refractivity contribution in [1.29, 1.82) is 0 Å². The van der Waals surface area contributed by atoms with Gasteiger partial charge in [-0.2, -0.15) is 0 Å². The summed E-state index contributed by atoms with van der Waals surface area (Å²) in [5, 5.41) is 1.55. The van der Waals surface area contributed by atoms with E-state index in [1.54, 1.807) is 0 Å². The zero-order valence-corrected chi connectivity index (χ0v) is 21.1. The molecule has 0 aromatic heterocycles. The maximum atomic E-state index is 6.56. The molecular weight excluding hydrogens is 531 g/mol. The maximum Gasteiger partial charge on any atom is -0.00572 e. The van der Waals surface area contributed by atoms with Gasteiger partial charge in [0.05, 0.1) is 0 Å². The van der Waals surface area contributed by atoms with Crippen LogP contribution in [0.3, 0.4) is 0 Å². The van der Waals surface area contributed by atoms with Crippen LogP contribution in [0, 0.1) is 0 Å². The number of rotatable bonds is 5. The minimum absolute atomic E-state index is 0.0579. The SMILES string of the molecule is Clc1ccc([CH2][Sn]([Cl])[CH2]c2ccc(Cl)cc2)cc1.[S-]C([S-])N1CCCC1. The number of benzene rings is 2. The summed E-state index contributed by atoms with van der Waals surface area (Å²) in [6.07, 6.45) is 2.56. The summed E-state index contributed by atoms with van der Waals surface area (Å²) >= 11 is 19.6. The molecule has 0 atom stereocenters. The van der Waals surface area contributed by atoms with Gasteiger partial charge < -0.3 is 30.2 Å². The van der Waals surface area contributed by atoms with Crippen LogP contribution < -0.4 is 0 Å². The molecule has 0 unspecified atom stereocenters. The number of hydrogen-bond acceptors (Lipinski definition) is 3. The number of likely N-dealkylation sites (tertiary alicyclic amines) is 1. The molecule has 0 bridgehead atoms. The van der Waals surface area contributed by atoms with Crippen LogP contribution in [-0.4, -0.2) is 41.3 Å². The molecule has 3 rings (SSSR count). The van der Waals surface area contributed by atoms with E-state index in [1.807, 2.05) is 24.3 Å². The maximum absolute atomic E-state index is 6.56. The average Bonchev–Trinajstić information content (AvgIpc) is 3.15. The monoisotopic (exact) mass is 552 g/mol. The summed E-state index contributed by atoms with van der Waals surface area (Å²) in [5.41, 5.74) is 2.58. The Morgan fingerprint density at radius 1 is 0.808 bits per heavy atom. The van der Waals surface area contributed by atoms with Gasteiger partial charge in [0.25, 0.3) is 0 Å². The minimum Gasteiger partial charge on any atom is -0.800 e. The second-order valence-corrected chi connectivity index (χ2v) is 16.8. The Morgan fingerprint density at radius 3 is 1.50 bits per heavy atom. The van der Waals surface area contributed by atoms with Crippen LogP contribution in [0.1, 0.15) is 24.0 Å². The van der Waals surface area contributed by atoms with E-state index in [0.717, 1.165) is 32.0 Å². The zero-order valence-electron chi connectivity index (χ0n) is 14.3. The van der Waals surface area contributed by atoms with Crippen LogP contribution in [-0.2, 0) is 34.1 Å². The van der Waals surface area contributed by atoms with E-state index in [2.05, 4.69) is 29.2 Å². The second kappa shape index (κ2) is 12.4. The quantitative estimate of drug-likeness (QED) is 0.354. The molecule has 26 heavy (non-hydrogen) atoms. The molecule has 7 heteroatoms. The minimum atomic E-state index is -1.87. The largest absolute Gasteiger partial charge is 0.800 e. The molecule has 0 aliphatic carbocycles. The molecule has 1 heterocycles. The Kier molecular flexibility index (Phi) is 11.0. The fourth-order valence-corrected chi connectivity index (χ4v) is 9.64. The van der Waals surface area contributed by atoms with Crippen LogP contribution in [0.5, 0.6) is 0 Å². The molecule has 1 fully saturated rings. The molecule has 2 aromatic rings. The summed E-state index contributed by atoms with van der Waals surface area (Å²) in [6, 6.07) is 15.9. The van der Waals surface area contributed by atoms with Gasteiger partial charge in [-0.25, -0.2) is 4.71 Å². The van der Waals surface area contributed by atoms with Crippen LogP contribution in [0.4, 0.5) is 0 Å². The standard InChI is InChI=1S/2C7H6Cl.C5H11NS2.ClH.Sn/c2*1-6-2-4-7(8)5-3-6;7-5(8)6-3-1-2-4-6;;/h2*2-5H,1H2;5,7-8H,1-4H2;1H;/q;;;;+1/p-3.